The fourth-order valence-corrected chi connectivity index (χ4v) is 3.47. The molecule has 1 aromatic carbocycles. The molecule has 5 heteroatoms. The summed E-state index contributed by atoms with van der Waals surface area (Å²) < 4.78 is 0. The van der Waals surface area contributed by atoms with Gasteiger partial charge in [0.2, 0.25) is 0 Å². The maximum Gasteiger partial charge on any atom is 0.129 e. The second-order valence-electron chi connectivity index (χ2n) is 4.32. The van der Waals surface area contributed by atoms with Crippen molar-refractivity contribution in [3.05, 3.63) is 40.9 Å². The molecule has 0 spiro atoms. The molecule has 0 bridgehead atoms. The lowest BCUT2D eigenvalue weighted by molar-refractivity contribution is 1.10. The van der Waals surface area contributed by atoms with Gasteiger partial charge in [0.25, 0.3) is 0 Å². The molecule has 0 saturated carbocycles. The van der Waals surface area contributed by atoms with E-state index in [2.05, 4.69) is 34.5 Å². The van der Waals surface area contributed by atoms with Crippen molar-refractivity contribution in [2.45, 2.75) is 6.42 Å². The van der Waals surface area contributed by atoms with Gasteiger partial charge >= 0.3 is 0 Å². The number of hydrogen-bond donors (Lipinski definition) is 2. The summed E-state index contributed by atoms with van der Waals surface area (Å²) in [6, 6.07) is 8.42. The maximum absolute atomic E-state index is 5.83. The summed E-state index contributed by atoms with van der Waals surface area (Å²) in [6.07, 6.45) is 2.70. The summed E-state index contributed by atoms with van der Waals surface area (Å²) in [5, 5.41) is 7.63. The van der Waals surface area contributed by atoms with Gasteiger partial charge in [-0.1, -0.05) is 24.3 Å². The van der Waals surface area contributed by atoms with E-state index in [0.29, 0.717) is 5.82 Å². The van der Waals surface area contributed by atoms with Crippen molar-refractivity contribution < 1.29 is 0 Å². The number of rotatable bonds is 1. The molecule has 88 valence electrons. The SMILES string of the molecule is Nc1[nH]ncc1-c1nc2c(s1)Cc1ccccc1-2. The van der Waals surface area contributed by atoms with E-state index in [-0.39, 0.29) is 0 Å². The van der Waals surface area contributed by atoms with E-state index >= 15 is 0 Å². The van der Waals surface area contributed by atoms with E-state index in [9.17, 15) is 0 Å². The van der Waals surface area contributed by atoms with Gasteiger partial charge < -0.3 is 5.73 Å². The molecule has 2 aromatic heterocycles. The molecule has 18 heavy (non-hydrogen) atoms. The average Bonchev–Trinajstić information content (AvgIpc) is 3.01. The lowest BCUT2D eigenvalue weighted by Gasteiger charge is -1.97. The Morgan fingerprint density at radius 1 is 1.22 bits per heavy atom. The number of aromatic amines is 1. The van der Waals surface area contributed by atoms with E-state index in [1.165, 1.54) is 16.0 Å². The van der Waals surface area contributed by atoms with Crippen LogP contribution >= 0.6 is 11.3 Å². The number of thiazole rings is 1. The number of nitrogens with one attached hydrogen (secondary N) is 1. The number of fused-ring (bicyclic) bond motifs is 3. The molecule has 1 aliphatic rings. The third kappa shape index (κ3) is 1.25. The Morgan fingerprint density at radius 2 is 2.11 bits per heavy atom. The van der Waals surface area contributed by atoms with Crippen LogP contribution in [0.4, 0.5) is 5.82 Å². The minimum atomic E-state index is 0.579. The van der Waals surface area contributed by atoms with E-state index in [1.54, 1.807) is 17.5 Å². The van der Waals surface area contributed by atoms with E-state index in [4.69, 9.17) is 10.7 Å². The first kappa shape index (κ1) is 9.85. The zero-order valence-corrected chi connectivity index (χ0v) is 10.3. The Kier molecular flexibility index (Phi) is 1.87. The van der Waals surface area contributed by atoms with Gasteiger partial charge in [0.1, 0.15) is 10.8 Å². The number of aromatic nitrogens is 3. The summed E-state index contributed by atoms with van der Waals surface area (Å²) in [4.78, 5) is 6.03. The topological polar surface area (TPSA) is 67.6 Å². The second-order valence-corrected chi connectivity index (χ2v) is 5.41. The highest BCUT2D eigenvalue weighted by molar-refractivity contribution is 7.15. The molecule has 4 nitrogen and oxygen atoms in total. The van der Waals surface area contributed by atoms with E-state index in [0.717, 1.165) is 22.7 Å². The van der Waals surface area contributed by atoms with Gasteiger partial charge in [-0.15, -0.1) is 11.3 Å². The van der Waals surface area contributed by atoms with Crippen molar-refractivity contribution in [2.75, 3.05) is 5.73 Å². The number of benzene rings is 1. The minimum Gasteiger partial charge on any atom is -0.383 e. The summed E-state index contributed by atoms with van der Waals surface area (Å²) in [6.45, 7) is 0. The standard InChI is InChI=1S/C13H10N4S/c14-12-9(6-15-17-12)13-16-11-8-4-2-1-3-7(8)5-10(11)18-13/h1-4,6H,5H2,(H3,14,15,17). The van der Waals surface area contributed by atoms with Crippen molar-refractivity contribution in [1.29, 1.82) is 0 Å². The van der Waals surface area contributed by atoms with Crippen LogP contribution in [0.25, 0.3) is 21.8 Å². The zero-order chi connectivity index (χ0) is 12.1. The highest BCUT2D eigenvalue weighted by Crippen LogP contribution is 2.42. The van der Waals surface area contributed by atoms with Crippen LogP contribution in [0.1, 0.15) is 10.4 Å². The summed E-state index contributed by atoms with van der Waals surface area (Å²) >= 11 is 1.70. The van der Waals surface area contributed by atoms with Gasteiger partial charge in [-0.3, -0.25) is 5.10 Å². The van der Waals surface area contributed by atoms with Crippen molar-refractivity contribution in [3.8, 4) is 21.8 Å². The van der Waals surface area contributed by atoms with Crippen LogP contribution in [0, 0.1) is 0 Å². The largest absolute Gasteiger partial charge is 0.383 e. The minimum absolute atomic E-state index is 0.579. The van der Waals surface area contributed by atoms with Gasteiger partial charge in [-0.25, -0.2) is 4.98 Å². The van der Waals surface area contributed by atoms with Crippen molar-refractivity contribution in [1.82, 2.24) is 15.2 Å². The first-order valence-corrected chi connectivity index (χ1v) is 6.52. The molecule has 2 heterocycles. The highest BCUT2D eigenvalue weighted by atomic mass is 32.1. The van der Waals surface area contributed by atoms with Gasteiger partial charge in [0, 0.05) is 16.9 Å². The molecule has 3 N–H and O–H groups in total. The normalized spacial score (nSPS) is 12.4. The number of H-pyrrole nitrogens is 1. The van der Waals surface area contributed by atoms with Crippen LogP contribution in [0.5, 0.6) is 0 Å². The third-order valence-corrected chi connectivity index (χ3v) is 4.31. The number of hydrogen-bond acceptors (Lipinski definition) is 4. The number of nitrogens with zero attached hydrogens (tertiary/aromatic N) is 2. The number of nitrogen functional groups attached to an aromatic ring is 1. The van der Waals surface area contributed by atoms with Crippen LogP contribution in [0.15, 0.2) is 30.5 Å². The molecule has 0 amide bonds. The second kappa shape index (κ2) is 3.43. The number of nitrogens with two attached hydrogens (primary N) is 1. The molecule has 0 atom stereocenters. The molecule has 0 saturated heterocycles. The van der Waals surface area contributed by atoms with E-state index in [1.807, 2.05) is 0 Å². The first-order valence-electron chi connectivity index (χ1n) is 5.70. The molecule has 0 unspecified atom stereocenters. The quantitative estimate of drug-likeness (QED) is 0.548. The molecule has 0 aliphatic heterocycles. The predicted molar refractivity (Wildman–Crippen MR) is 72.4 cm³/mol. The maximum atomic E-state index is 5.83. The Morgan fingerprint density at radius 3 is 2.94 bits per heavy atom. The molecule has 0 fully saturated rings. The van der Waals surface area contributed by atoms with Gasteiger partial charge in [-0.2, -0.15) is 5.10 Å². The van der Waals surface area contributed by atoms with Crippen LogP contribution in [-0.4, -0.2) is 15.2 Å². The highest BCUT2D eigenvalue weighted by Gasteiger charge is 2.24. The lowest BCUT2D eigenvalue weighted by Crippen LogP contribution is -1.87. The molecule has 0 radical (unpaired) electrons. The molecule has 4 rings (SSSR count). The fraction of sp³-hybridized carbons (Fsp3) is 0.0769. The zero-order valence-electron chi connectivity index (χ0n) is 9.47. The molecular weight excluding hydrogens is 244 g/mol. The average molecular weight is 254 g/mol. The third-order valence-electron chi connectivity index (χ3n) is 3.22. The van der Waals surface area contributed by atoms with Crippen molar-refractivity contribution >= 4 is 17.2 Å². The van der Waals surface area contributed by atoms with Gasteiger partial charge in [0.05, 0.1) is 17.5 Å². The number of anilines is 1. The Labute approximate surface area is 108 Å². The Bertz CT molecular complexity index is 741. The summed E-state index contributed by atoms with van der Waals surface area (Å²) in [5.41, 5.74) is 10.4. The van der Waals surface area contributed by atoms with Crippen molar-refractivity contribution in [2.24, 2.45) is 0 Å². The molecule has 1 aliphatic carbocycles. The Hall–Kier alpha value is -2.14. The van der Waals surface area contributed by atoms with E-state index < -0.39 is 0 Å². The first-order chi connectivity index (χ1) is 8.83. The fourth-order valence-electron chi connectivity index (χ4n) is 2.34. The van der Waals surface area contributed by atoms with Crippen molar-refractivity contribution in [3.63, 3.8) is 0 Å². The lowest BCUT2D eigenvalue weighted by atomic mass is 10.1. The molecular formula is C13H10N4S. The van der Waals surface area contributed by atoms with Gasteiger partial charge in [-0.05, 0) is 5.56 Å². The summed E-state index contributed by atoms with van der Waals surface area (Å²) in [5.74, 6) is 0.579. The monoisotopic (exact) mass is 254 g/mol. The Balaban J connectivity index is 1.88. The van der Waals surface area contributed by atoms with Crippen LogP contribution in [-0.2, 0) is 6.42 Å². The predicted octanol–water partition coefficient (Wildman–Crippen LogP) is 2.69. The van der Waals surface area contributed by atoms with Crippen LogP contribution in [0.3, 0.4) is 0 Å². The smallest absolute Gasteiger partial charge is 0.129 e. The van der Waals surface area contributed by atoms with Gasteiger partial charge in [0.15, 0.2) is 0 Å². The van der Waals surface area contributed by atoms with Crippen LogP contribution < -0.4 is 5.73 Å². The molecule has 3 aromatic rings. The van der Waals surface area contributed by atoms with Crippen LogP contribution in [0.2, 0.25) is 0 Å². The summed E-state index contributed by atoms with van der Waals surface area (Å²) in [7, 11) is 0.